The van der Waals surface area contributed by atoms with Crippen molar-refractivity contribution in [1.29, 1.82) is 0 Å². The van der Waals surface area contributed by atoms with Gasteiger partial charge < -0.3 is 28.6 Å². The zero-order chi connectivity index (χ0) is 25.4. The summed E-state index contributed by atoms with van der Waals surface area (Å²) in [6, 6.07) is 11.8. The van der Waals surface area contributed by atoms with Crippen molar-refractivity contribution in [2.24, 2.45) is 0 Å². The van der Waals surface area contributed by atoms with Crippen molar-refractivity contribution in [3.05, 3.63) is 72.1 Å². The number of imidazole rings is 1. The highest BCUT2D eigenvalue weighted by atomic mass is 19.1. The summed E-state index contributed by atoms with van der Waals surface area (Å²) >= 11 is 0. The summed E-state index contributed by atoms with van der Waals surface area (Å²) in [5.41, 5.74) is -0.196. The first-order valence-electron chi connectivity index (χ1n) is 12.2. The highest BCUT2D eigenvalue weighted by Gasteiger charge is 2.33. The average Bonchev–Trinajstić information content (AvgIpc) is 3.25. The molecule has 1 saturated heterocycles. The first-order chi connectivity index (χ1) is 17.5. The van der Waals surface area contributed by atoms with Crippen molar-refractivity contribution >= 4 is 0 Å². The number of rotatable bonds is 11. The second kappa shape index (κ2) is 12.2. The lowest BCUT2D eigenvalue weighted by molar-refractivity contribution is -0.0647. The molecule has 2 aromatic carbocycles. The number of methoxy groups -OCH3 is 1. The van der Waals surface area contributed by atoms with E-state index in [1.165, 1.54) is 12.1 Å². The first kappa shape index (κ1) is 25.9. The SMILES string of the molecule is CCc1nccn1CCOc1ccc(CN2CCOCC(O)(COc3cccc(F)c3)C2)cc1OC. The number of aryl methyl sites for hydroxylation is 1. The third-order valence-corrected chi connectivity index (χ3v) is 6.09. The zero-order valence-electron chi connectivity index (χ0n) is 20.9. The molecule has 1 aromatic heterocycles. The van der Waals surface area contributed by atoms with Gasteiger partial charge in [-0.3, -0.25) is 4.90 Å². The van der Waals surface area contributed by atoms with E-state index in [9.17, 15) is 9.50 Å². The van der Waals surface area contributed by atoms with Crippen LogP contribution in [-0.2, 0) is 24.2 Å². The van der Waals surface area contributed by atoms with Gasteiger partial charge in [0.25, 0.3) is 0 Å². The Balaban J connectivity index is 1.35. The van der Waals surface area contributed by atoms with E-state index >= 15 is 0 Å². The molecular formula is C27H34FN3O5. The highest BCUT2D eigenvalue weighted by molar-refractivity contribution is 5.43. The Morgan fingerprint density at radius 1 is 1.17 bits per heavy atom. The predicted octanol–water partition coefficient (Wildman–Crippen LogP) is 3.31. The molecule has 1 atom stereocenters. The Morgan fingerprint density at radius 2 is 2.06 bits per heavy atom. The zero-order valence-corrected chi connectivity index (χ0v) is 20.9. The van der Waals surface area contributed by atoms with Gasteiger partial charge >= 0.3 is 0 Å². The van der Waals surface area contributed by atoms with Crippen LogP contribution in [0.3, 0.4) is 0 Å². The van der Waals surface area contributed by atoms with Crippen molar-refractivity contribution in [1.82, 2.24) is 14.5 Å². The summed E-state index contributed by atoms with van der Waals surface area (Å²) in [5, 5.41) is 11.2. The van der Waals surface area contributed by atoms with Crippen LogP contribution >= 0.6 is 0 Å². The van der Waals surface area contributed by atoms with E-state index in [1.54, 1.807) is 25.4 Å². The molecule has 1 N–H and O–H groups in total. The Hall–Kier alpha value is -3.14. The van der Waals surface area contributed by atoms with Gasteiger partial charge in [0.2, 0.25) is 0 Å². The second-order valence-corrected chi connectivity index (χ2v) is 8.96. The number of aromatic nitrogens is 2. The Labute approximate surface area is 211 Å². The van der Waals surface area contributed by atoms with Gasteiger partial charge in [0.15, 0.2) is 11.5 Å². The smallest absolute Gasteiger partial charge is 0.161 e. The Bertz CT molecular complexity index is 1120. The van der Waals surface area contributed by atoms with E-state index < -0.39 is 5.60 Å². The van der Waals surface area contributed by atoms with Crippen LogP contribution in [0, 0.1) is 5.82 Å². The van der Waals surface area contributed by atoms with E-state index in [4.69, 9.17) is 18.9 Å². The molecule has 0 saturated carbocycles. The van der Waals surface area contributed by atoms with E-state index in [2.05, 4.69) is 21.4 Å². The van der Waals surface area contributed by atoms with Crippen LogP contribution in [-0.4, -0.2) is 71.8 Å². The van der Waals surface area contributed by atoms with Crippen molar-refractivity contribution in [3.8, 4) is 17.2 Å². The molecule has 4 rings (SSSR count). The molecule has 1 unspecified atom stereocenters. The lowest BCUT2D eigenvalue weighted by Crippen LogP contribution is -2.48. The predicted molar refractivity (Wildman–Crippen MR) is 133 cm³/mol. The molecule has 9 heteroatoms. The third-order valence-electron chi connectivity index (χ3n) is 6.09. The monoisotopic (exact) mass is 499 g/mol. The largest absolute Gasteiger partial charge is 0.493 e. The molecule has 1 aliphatic heterocycles. The van der Waals surface area contributed by atoms with Gasteiger partial charge in [-0.15, -0.1) is 0 Å². The number of halogens is 1. The topological polar surface area (TPSA) is 78.2 Å². The molecule has 2 heterocycles. The van der Waals surface area contributed by atoms with Gasteiger partial charge in [0, 0.05) is 44.5 Å². The fraction of sp³-hybridized carbons (Fsp3) is 0.444. The van der Waals surface area contributed by atoms with Gasteiger partial charge in [0.05, 0.1) is 26.9 Å². The molecule has 1 aliphatic rings. The van der Waals surface area contributed by atoms with E-state index in [-0.39, 0.29) is 19.0 Å². The molecule has 36 heavy (non-hydrogen) atoms. The summed E-state index contributed by atoms with van der Waals surface area (Å²) in [7, 11) is 1.62. The first-order valence-corrected chi connectivity index (χ1v) is 12.2. The maximum Gasteiger partial charge on any atom is 0.161 e. The molecule has 1 fully saturated rings. The number of nitrogens with zero attached hydrogens (tertiary/aromatic N) is 3. The van der Waals surface area contributed by atoms with Crippen LogP contribution in [0.15, 0.2) is 54.9 Å². The molecule has 194 valence electrons. The van der Waals surface area contributed by atoms with E-state index in [1.807, 2.05) is 24.4 Å². The summed E-state index contributed by atoms with van der Waals surface area (Å²) in [5.74, 6) is 2.36. The van der Waals surface area contributed by atoms with Gasteiger partial charge in [-0.2, -0.15) is 0 Å². The molecule has 0 amide bonds. The normalized spacial score (nSPS) is 18.6. The standard InChI is InChI=1S/C27H34FN3O5/c1-3-26-29-9-10-31(26)12-14-35-24-8-7-21(15-25(24)33-2)17-30-11-13-34-19-27(32,18-30)20-36-23-6-4-5-22(28)16-23/h4-10,15-16,32H,3,11-14,17-20H2,1-2H3. The van der Waals surface area contributed by atoms with Crippen molar-refractivity contribution in [2.75, 3.05) is 46.6 Å². The lowest BCUT2D eigenvalue weighted by Gasteiger charge is -2.30. The van der Waals surface area contributed by atoms with Crippen LogP contribution < -0.4 is 14.2 Å². The van der Waals surface area contributed by atoms with Crippen molar-refractivity contribution in [2.45, 2.75) is 32.0 Å². The molecule has 8 nitrogen and oxygen atoms in total. The number of aliphatic hydroxyl groups is 1. The molecule has 0 aliphatic carbocycles. The molecular weight excluding hydrogens is 465 g/mol. The fourth-order valence-corrected chi connectivity index (χ4v) is 4.29. The lowest BCUT2D eigenvalue weighted by atomic mass is 10.1. The summed E-state index contributed by atoms with van der Waals surface area (Å²) < 4.78 is 38.4. The minimum absolute atomic E-state index is 0.000285. The molecule has 0 radical (unpaired) electrons. The molecule has 3 aromatic rings. The quantitative estimate of drug-likeness (QED) is 0.434. The van der Waals surface area contributed by atoms with Crippen LogP contribution in [0.2, 0.25) is 0 Å². The molecule has 0 bridgehead atoms. The van der Waals surface area contributed by atoms with Crippen molar-refractivity contribution < 1.29 is 28.4 Å². The number of benzene rings is 2. The van der Waals surface area contributed by atoms with Crippen LogP contribution in [0.1, 0.15) is 18.3 Å². The fourth-order valence-electron chi connectivity index (χ4n) is 4.29. The van der Waals surface area contributed by atoms with Crippen LogP contribution in [0.25, 0.3) is 0 Å². The van der Waals surface area contributed by atoms with E-state index in [0.29, 0.717) is 56.6 Å². The minimum Gasteiger partial charge on any atom is -0.493 e. The number of hydrogen-bond donors (Lipinski definition) is 1. The highest BCUT2D eigenvalue weighted by Crippen LogP contribution is 2.29. The van der Waals surface area contributed by atoms with Gasteiger partial charge in [-0.1, -0.05) is 19.1 Å². The third kappa shape index (κ3) is 6.96. The average molecular weight is 500 g/mol. The van der Waals surface area contributed by atoms with Crippen molar-refractivity contribution in [3.63, 3.8) is 0 Å². The van der Waals surface area contributed by atoms with Gasteiger partial charge in [-0.05, 0) is 29.8 Å². The maximum absolute atomic E-state index is 13.5. The van der Waals surface area contributed by atoms with Crippen LogP contribution in [0.5, 0.6) is 17.2 Å². The van der Waals surface area contributed by atoms with Gasteiger partial charge in [0.1, 0.15) is 36.2 Å². The second-order valence-electron chi connectivity index (χ2n) is 8.96. The van der Waals surface area contributed by atoms with Crippen LogP contribution in [0.4, 0.5) is 4.39 Å². The molecule has 0 spiro atoms. The summed E-state index contributed by atoms with van der Waals surface area (Å²) in [6.07, 6.45) is 4.63. The summed E-state index contributed by atoms with van der Waals surface area (Å²) in [4.78, 5) is 6.45. The minimum atomic E-state index is -1.22. The number of β-amino-alcohol motifs (C(OH)–C–C–N with tert-alkyl or cyclic N) is 1. The van der Waals surface area contributed by atoms with Gasteiger partial charge in [-0.25, -0.2) is 9.37 Å². The number of ether oxygens (including phenoxy) is 4. The maximum atomic E-state index is 13.5. The summed E-state index contributed by atoms with van der Waals surface area (Å²) in [6.45, 7) is 5.53. The number of hydrogen-bond acceptors (Lipinski definition) is 7. The van der Waals surface area contributed by atoms with E-state index in [0.717, 1.165) is 17.8 Å². The Morgan fingerprint density at radius 3 is 2.86 bits per heavy atom. The Kier molecular flexibility index (Phi) is 8.79.